The third-order valence-corrected chi connectivity index (χ3v) is 4.53. The molecule has 0 unspecified atom stereocenters. The maximum Gasteiger partial charge on any atom is 0.416 e. The monoisotopic (exact) mass is 413 g/mol. The topological polar surface area (TPSA) is 55.3 Å². The van der Waals surface area contributed by atoms with Gasteiger partial charge in [-0.3, -0.25) is 4.79 Å². The number of aromatic nitrogens is 2. The Kier molecular flexibility index (Phi) is 5.33. The summed E-state index contributed by atoms with van der Waals surface area (Å²) >= 11 is 6.69. The van der Waals surface area contributed by atoms with Crippen LogP contribution in [-0.4, -0.2) is 22.4 Å². The average Bonchev–Trinajstić information content (AvgIpc) is 3.11. The molecular weight excluding hydrogens is 403 g/mol. The molecule has 1 aromatic carbocycles. The van der Waals surface area contributed by atoms with Crippen LogP contribution in [0.3, 0.4) is 0 Å². The van der Waals surface area contributed by atoms with Crippen molar-refractivity contribution in [2.75, 3.05) is 12.0 Å². The molecule has 0 N–H and O–H groups in total. The van der Waals surface area contributed by atoms with Crippen molar-refractivity contribution in [3.8, 4) is 17.1 Å². The molecule has 1 amide bonds. The Hall–Kier alpha value is -2.65. The number of methoxy groups -OCH3 is 1. The standard InChI is InChI=1S/C17H11ClF3N3O2S/c1-26-14-7-10(5-6-22-14)13-9-27-16(23-13)24(15(18)25)12-4-2-3-11(8-12)17(19,20)21/h2-9H,1H3. The minimum Gasteiger partial charge on any atom is -0.481 e. The predicted octanol–water partition coefficient (Wildman–Crippen LogP) is 5.73. The van der Waals surface area contributed by atoms with Gasteiger partial charge in [-0.2, -0.15) is 13.2 Å². The van der Waals surface area contributed by atoms with E-state index in [1.807, 2.05) is 0 Å². The van der Waals surface area contributed by atoms with E-state index in [0.717, 1.165) is 28.4 Å². The van der Waals surface area contributed by atoms with E-state index in [4.69, 9.17) is 16.3 Å². The maximum atomic E-state index is 13.0. The molecular formula is C17H11ClF3N3O2S. The molecule has 140 valence electrons. The molecule has 0 spiro atoms. The summed E-state index contributed by atoms with van der Waals surface area (Å²) in [5.74, 6) is 0.380. The van der Waals surface area contributed by atoms with Crippen LogP contribution in [0.4, 0.5) is 28.8 Å². The first kappa shape index (κ1) is 19.1. The largest absolute Gasteiger partial charge is 0.481 e. The van der Waals surface area contributed by atoms with Crippen LogP contribution < -0.4 is 9.64 Å². The number of rotatable bonds is 4. The number of carbonyl (C=O) groups is 1. The molecule has 0 bridgehead atoms. The fourth-order valence-electron chi connectivity index (χ4n) is 2.29. The Labute approximate surface area is 161 Å². The van der Waals surface area contributed by atoms with E-state index >= 15 is 0 Å². The average molecular weight is 414 g/mol. The molecule has 27 heavy (non-hydrogen) atoms. The highest BCUT2D eigenvalue weighted by Crippen LogP contribution is 2.37. The number of anilines is 2. The summed E-state index contributed by atoms with van der Waals surface area (Å²) in [5, 5.41) is 0.826. The predicted molar refractivity (Wildman–Crippen MR) is 96.7 cm³/mol. The van der Waals surface area contributed by atoms with Crippen molar-refractivity contribution in [1.29, 1.82) is 0 Å². The summed E-state index contributed by atoms with van der Waals surface area (Å²) in [5.41, 5.74) is 0.262. The zero-order valence-corrected chi connectivity index (χ0v) is 15.3. The quantitative estimate of drug-likeness (QED) is 0.405. The lowest BCUT2D eigenvalue weighted by Gasteiger charge is -2.18. The second kappa shape index (κ2) is 7.53. The summed E-state index contributed by atoms with van der Waals surface area (Å²) in [6.45, 7) is 0. The molecule has 0 aliphatic carbocycles. The number of thiazole rings is 1. The van der Waals surface area contributed by atoms with E-state index < -0.39 is 17.1 Å². The van der Waals surface area contributed by atoms with Gasteiger partial charge in [0, 0.05) is 23.2 Å². The van der Waals surface area contributed by atoms with Crippen LogP contribution in [-0.2, 0) is 6.18 Å². The fourth-order valence-corrected chi connectivity index (χ4v) is 3.37. The molecule has 3 aromatic rings. The third-order valence-electron chi connectivity index (χ3n) is 3.53. The third kappa shape index (κ3) is 4.20. The molecule has 0 fully saturated rings. The molecule has 0 aliphatic rings. The normalized spacial score (nSPS) is 11.3. The Balaban J connectivity index is 2.00. The van der Waals surface area contributed by atoms with Gasteiger partial charge in [0.15, 0.2) is 5.13 Å². The smallest absolute Gasteiger partial charge is 0.416 e. The first-order chi connectivity index (χ1) is 12.8. The lowest BCUT2D eigenvalue weighted by Crippen LogP contribution is -2.20. The highest BCUT2D eigenvalue weighted by atomic mass is 35.5. The number of hydrogen-bond acceptors (Lipinski definition) is 5. The number of alkyl halides is 3. The molecule has 2 aromatic heterocycles. The molecule has 0 saturated carbocycles. The number of carbonyl (C=O) groups excluding carboxylic acids is 1. The number of amides is 1. The molecule has 10 heteroatoms. The number of nitrogens with zero attached hydrogens (tertiary/aromatic N) is 3. The van der Waals surface area contributed by atoms with Crippen LogP contribution in [0, 0.1) is 0 Å². The Morgan fingerprint density at radius 1 is 1.26 bits per heavy atom. The van der Waals surface area contributed by atoms with Gasteiger partial charge in [-0.25, -0.2) is 14.9 Å². The van der Waals surface area contributed by atoms with Gasteiger partial charge in [0.25, 0.3) is 0 Å². The van der Waals surface area contributed by atoms with Gasteiger partial charge in [-0.05, 0) is 35.9 Å². The van der Waals surface area contributed by atoms with Crippen molar-refractivity contribution in [1.82, 2.24) is 9.97 Å². The van der Waals surface area contributed by atoms with Crippen LogP contribution in [0.1, 0.15) is 5.56 Å². The van der Waals surface area contributed by atoms with E-state index in [0.29, 0.717) is 17.1 Å². The zero-order valence-electron chi connectivity index (χ0n) is 13.7. The van der Waals surface area contributed by atoms with Crippen molar-refractivity contribution >= 4 is 39.1 Å². The van der Waals surface area contributed by atoms with E-state index in [9.17, 15) is 18.0 Å². The number of ether oxygens (including phenoxy) is 1. The molecule has 0 atom stereocenters. The van der Waals surface area contributed by atoms with Crippen LogP contribution in [0.2, 0.25) is 0 Å². The first-order valence-electron chi connectivity index (χ1n) is 7.42. The molecule has 5 nitrogen and oxygen atoms in total. The van der Waals surface area contributed by atoms with Crippen molar-refractivity contribution in [2.24, 2.45) is 0 Å². The van der Waals surface area contributed by atoms with Crippen molar-refractivity contribution in [3.63, 3.8) is 0 Å². The summed E-state index contributed by atoms with van der Waals surface area (Å²) in [6, 6.07) is 7.65. The highest BCUT2D eigenvalue weighted by molar-refractivity contribution is 7.14. The van der Waals surface area contributed by atoms with Gasteiger partial charge in [-0.15, -0.1) is 11.3 Å². The molecule has 0 saturated heterocycles. The van der Waals surface area contributed by atoms with Gasteiger partial charge in [0.1, 0.15) is 0 Å². The van der Waals surface area contributed by atoms with Crippen molar-refractivity contribution in [2.45, 2.75) is 6.18 Å². The lowest BCUT2D eigenvalue weighted by molar-refractivity contribution is -0.137. The van der Waals surface area contributed by atoms with Crippen LogP contribution >= 0.6 is 22.9 Å². The summed E-state index contributed by atoms with van der Waals surface area (Å²) < 4.78 is 43.9. The van der Waals surface area contributed by atoms with Crippen molar-refractivity contribution in [3.05, 3.63) is 53.5 Å². The summed E-state index contributed by atoms with van der Waals surface area (Å²) in [7, 11) is 1.47. The van der Waals surface area contributed by atoms with Gasteiger partial charge in [-0.1, -0.05) is 6.07 Å². The molecule has 2 heterocycles. The molecule has 3 rings (SSSR count). The Bertz CT molecular complexity index is 978. The van der Waals surface area contributed by atoms with E-state index in [1.54, 1.807) is 17.5 Å². The van der Waals surface area contributed by atoms with Gasteiger partial charge in [0.05, 0.1) is 24.1 Å². The highest BCUT2D eigenvalue weighted by Gasteiger charge is 2.31. The fraction of sp³-hybridized carbons (Fsp3) is 0.118. The lowest BCUT2D eigenvalue weighted by atomic mass is 10.2. The first-order valence-corrected chi connectivity index (χ1v) is 8.68. The van der Waals surface area contributed by atoms with E-state index in [2.05, 4.69) is 9.97 Å². The van der Waals surface area contributed by atoms with E-state index in [1.165, 1.54) is 25.4 Å². The van der Waals surface area contributed by atoms with Gasteiger partial charge < -0.3 is 4.74 Å². The second-order valence-electron chi connectivity index (χ2n) is 5.24. The number of halogens is 4. The second-order valence-corrected chi connectivity index (χ2v) is 6.40. The summed E-state index contributed by atoms with van der Waals surface area (Å²) in [6.07, 6.45) is -3.01. The van der Waals surface area contributed by atoms with Crippen molar-refractivity contribution < 1.29 is 22.7 Å². The summed E-state index contributed by atoms with van der Waals surface area (Å²) in [4.78, 5) is 21.1. The number of hydrogen-bond donors (Lipinski definition) is 0. The Morgan fingerprint density at radius 3 is 2.70 bits per heavy atom. The van der Waals surface area contributed by atoms with Gasteiger partial charge >= 0.3 is 11.5 Å². The minimum absolute atomic E-state index is 0.0296. The SMILES string of the molecule is COc1cc(-c2csc(N(C(=O)Cl)c3cccc(C(F)(F)F)c3)n2)ccn1. The van der Waals surface area contributed by atoms with Crippen LogP contribution in [0.15, 0.2) is 48.0 Å². The Morgan fingerprint density at radius 2 is 2.04 bits per heavy atom. The maximum absolute atomic E-state index is 13.0. The molecule has 0 radical (unpaired) electrons. The number of benzene rings is 1. The van der Waals surface area contributed by atoms with Gasteiger partial charge in [0.2, 0.25) is 5.88 Å². The van der Waals surface area contributed by atoms with E-state index in [-0.39, 0.29) is 10.8 Å². The molecule has 0 aliphatic heterocycles. The zero-order chi connectivity index (χ0) is 19.6. The minimum atomic E-state index is -4.54. The van der Waals surface area contributed by atoms with Crippen LogP contribution in [0.5, 0.6) is 5.88 Å². The number of pyridine rings is 1. The van der Waals surface area contributed by atoms with Crippen LogP contribution in [0.25, 0.3) is 11.3 Å².